The first-order chi connectivity index (χ1) is 17.4. The van der Waals surface area contributed by atoms with Crippen LogP contribution in [0, 0.1) is 0 Å². The van der Waals surface area contributed by atoms with Crippen molar-refractivity contribution < 1.29 is 28.5 Å². The Hall–Kier alpha value is -3.44. The molecule has 5 atom stereocenters. The zero-order chi connectivity index (χ0) is 25.2. The van der Waals surface area contributed by atoms with Crippen LogP contribution in [0.1, 0.15) is 42.6 Å². The predicted molar refractivity (Wildman–Crippen MR) is 132 cm³/mol. The maximum Gasteiger partial charge on any atom is 0.305 e. The van der Waals surface area contributed by atoms with Gasteiger partial charge in [0.2, 0.25) is 11.8 Å². The molecule has 0 radical (unpaired) electrons. The third-order valence-electron chi connectivity index (χ3n) is 6.75. The standard InChI is InChI=1S/C25H26N4O6S/c30-20(31)13-18(25-35-36-25)28-22(32)19-10-9-15-6-2-4-8-17(24(34)29(15)19)27-23(33)21-16-7-3-1-5-14(16)11-12-26-21/h1,3-5,7-8,11-12,15,17-19,25H,2,6,9-10,13H2,(H,27,33)(H,28,32)(H,30,31)/b8-4-/t15-,17-,18-,19-,25+/m0/s1. The number of nitrogens with one attached hydrogen (secondary N) is 2. The highest BCUT2D eigenvalue weighted by atomic mass is 32.2. The normalized spacial score (nSPS) is 26.9. The summed E-state index contributed by atoms with van der Waals surface area (Å²) in [5.41, 5.74) is -0.185. The molecule has 2 fully saturated rings. The minimum atomic E-state index is -1.04. The number of carboxylic acids is 1. The van der Waals surface area contributed by atoms with Gasteiger partial charge in [-0.3, -0.25) is 28.3 Å². The lowest BCUT2D eigenvalue weighted by atomic mass is 10.0. The Bertz CT molecular complexity index is 1230. The minimum absolute atomic E-state index is 0.141. The van der Waals surface area contributed by atoms with Crippen molar-refractivity contribution in [2.24, 2.45) is 0 Å². The van der Waals surface area contributed by atoms with Crippen molar-refractivity contribution in [1.82, 2.24) is 20.5 Å². The Morgan fingerprint density at radius 3 is 2.78 bits per heavy atom. The second-order valence-electron chi connectivity index (χ2n) is 9.10. The highest BCUT2D eigenvalue weighted by molar-refractivity contribution is 8.00. The SMILES string of the molecule is O=C(O)C[C@H](NC(=O)[C@@H]1CC[C@@H]2CC/C=C\[C@H](NC(=O)c3nccc4ccccc34)C(=O)N21)[C@@H]1OS1. The van der Waals surface area contributed by atoms with Crippen molar-refractivity contribution in [3.63, 3.8) is 0 Å². The Kier molecular flexibility index (Phi) is 6.92. The van der Waals surface area contributed by atoms with Gasteiger partial charge in [0.05, 0.1) is 12.5 Å². The average Bonchev–Trinajstić information content (AvgIpc) is 3.63. The van der Waals surface area contributed by atoms with Gasteiger partial charge in [0, 0.05) is 29.7 Å². The first-order valence-electron chi connectivity index (χ1n) is 11.9. The van der Waals surface area contributed by atoms with Crippen LogP contribution in [-0.4, -0.2) is 68.3 Å². The van der Waals surface area contributed by atoms with Gasteiger partial charge in [-0.05, 0) is 37.1 Å². The first kappa shape index (κ1) is 24.3. The van der Waals surface area contributed by atoms with Crippen molar-refractivity contribution in [1.29, 1.82) is 0 Å². The number of carbonyl (C=O) groups is 4. The van der Waals surface area contributed by atoms with Crippen molar-refractivity contribution in [2.75, 3.05) is 0 Å². The topological polar surface area (TPSA) is 141 Å². The van der Waals surface area contributed by atoms with E-state index in [1.807, 2.05) is 30.3 Å². The number of aliphatic carboxylic acids is 1. The molecule has 2 aromatic rings. The van der Waals surface area contributed by atoms with Crippen LogP contribution in [0.2, 0.25) is 0 Å². The summed E-state index contributed by atoms with van der Waals surface area (Å²) in [6.45, 7) is 0. The molecule has 1 aromatic carbocycles. The molecule has 0 bridgehead atoms. The molecule has 3 aliphatic rings. The molecule has 1 aromatic heterocycles. The fourth-order valence-corrected chi connectivity index (χ4v) is 5.49. The zero-order valence-electron chi connectivity index (χ0n) is 19.3. The number of allylic oxidation sites excluding steroid dienone is 1. The molecule has 36 heavy (non-hydrogen) atoms. The van der Waals surface area contributed by atoms with Gasteiger partial charge >= 0.3 is 5.97 Å². The summed E-state index contributed by atoms with van der Waals surface area (Å²) in [5.74, 6) is -2.29. The third-order valence-corrected chi connectivity index (χ3v) is 7.50. The van der Waals surface area contributed by atoms with Crippen LogP contribution in [0.25, 0.3) is 10.8 Å². The summed E-state index contributed by atoms with van der Waals surface area (Å²) in [5, 5.41) is 16.3. The molecular formula is C25H26N4O6S. The van der Waals surface area contributed by atoms with Crippen LogP contribution in [0.3, 0.4) is 0 Å². The molecule has 0 saturated carbocycles. The minimum Gasteiger partial charge on any atom is -0.481 e. The van der Waals surface area contributed by atoms with Gasteiger partial charge in [-0.15, -0.1) is 0 Å². The third kappa shape index (κ3) is 5.07. The van der Waals surface area contributed by atoms with Crippen LogP contribution < -0.4 is 10.6 Å². The van der Waals surface area contributed by atoms with E-state index in [9.17, 15) is 24.3 Å². The van der Waals surface area contributed by atoms with Crippen LogP contribution in [0.4, 0.5) is 0 Å². The monoisotopic (exact) mass is 510 g/mol. The molecular weight excluding hydrogens is 484 g/mol. The van der Waals surface area contributed by atoms with E-state index >= 15 is 0 Å². The van der Waals surface area contributed by atoms with Crippen molar-refractivity contribution in [2.45, 2.75) is 61.7 Å². The number of pyridine rings is 1. The van der Waals surface area contributed by atoms with Crippen molar-refractivity contribution in [3.05, 3.63) is 54.4 Å². The van der Waals surface area contributed by atoms with Gasteiger partial charge in [-0.1, -0.05) is 36.4 Å². The van der Waals surface area contributed by atoms with Crippen LogP contribution in [0.15, 0.2) is 48.7 Å². The molecule has 4 heterocycles. The van der Waals surface area contributed by atoms with Crippen LogP contribution in [-0.2, 0) is 18.6 Å². The average molecular weight is 511 g/mol. The van der Waals surface area contributed by atoms with E-state index in [4.69, 9.17) is 4.18 Å². The summed E-state index contributed by atoms with van der Waals surface area (Å²) in [4.78, 5) is 57.1. The van der Waals surface area contributed by atoms with Gasteiger partial charge in [-0.25, -0.2) is 0 Å². The lowest BCUT2D eigenvalue weighted by Crippen LogP contribution is -2.57. The fraction of sp³-hybridized carbons (Fsp3) is 0.400. The summed E-state index contributed by atoms with van der Waals surface area (Å²) < 4.78 is 5.13. The number of carboxylic acid groups (broad SMARTS) is 1. The molecule has 188 valence electrons. The number of aromatic nitrogens is 1. The maximum absolute atomic E-state index is 13.7. The van der Waals surface area contributed by atoms with E-state index in [1.165, 1.54) is 0 Å². The van der Waals surface area contributed by atoms with E-state index in [0.29, 0.717) is 31.1 Å². The highest BCUT2D eigenvalue weighted by Gasteiger charge is 2.45. The predicted octanol–water partition coefficient (Wildman–Crippen LogP) is 2.01. The van der Waals surface area contributed by atoms with E-state index in [0.717, 1.165) is 17.4 Å². The quantitative estimate of drug-likeness (QED) is 0.292. The Morgan fingerprint density at radius 1 is 1.19 bits per heavy atom. The molecule has 0 spiro atoms. The second kappa shape index (κ2) is 10.3. The number of nitrogens with zero attached hydrogens (tertiary/aromatic N) is 2. The zero-order valence-corrected chi connectivity index (χ0v) is 20.1. The van der Waals surface area contributed by atoms with Crippen LogP contribution in [0.5, 0.6) is 0 Å². The number of hydrogen-bond donors (Lipinski definition) is 3. The lowest BCUT2D eigenvalue weighted by molar-refractivity contribution is -0.142. The maximum atomic E-state index is 13.7. The Labute approximate surface area is 211 Å². The smallest absolute Gasteiger partial charge is 0.305 e. The molecule has 10 nitrogen and oxygen atoms in total. The molecule has 5 rings (SSSR count). The van der Waals surface area contributed by atoms with E-state index in [1.54, 1.807) is 23.2 Å². The fourth-order valence-electron chi connectivity index (χ4n) is 4.99. The Morgan fingerprint density at radius 2 is 2.00 bits per heavy atom. The Balaban J connectivity index is 1.34. The van der Waals surface area contributed by atoms with Crippen LogP contribution >= 0.6 is 12.0 Å². The van der Waals surface area contributed by atoms with Crippen molar-refractivity contribution in [3.8, 4) is 0 Å². The lowest BCUT2D eigenvalue weighted by Gasteiger charge is -2.34. The number of rotatable bonds is 7. The summed E-state index contributed by atoms with van der Waals surface area (Å²) in [6.07, 6.45) is 7.36. The van der Waals surface area contributed by atoms with Gasteiger partial charge < -0.3 is 20.6 Å². The number of amides is 3. The molecule has 0 aliphatic carbocycles. The molecule has 3 aliphatic heterocycles. The second-order valence-corrected chi connectivity index (χ2v) is 9.95. The first-order valence-corrected chi connectivity index (χ1v) is 12.7. The van der Waals surface area contributed by atoms with E-state index in [2.05, 4.69) is 15.6 Å². The number of carbonyl (C=O) groups excluding carboxylic acids is 3. The molecule has 0 unspecified atom stereocenters. The number of benzene rings is 1. The van der Waals surface area contributed by atoms with Gasteiger partial charge in [0.15, 0.2) is 5.44 Å². The molecule has 11 heteroatoms. The molecule has 3 N–H and O–H groups in total. The summed E-state index contributed by atoms with van der Waals surface area (Å²) >= 11 is 1.12. The van der Waals surface area contributed by atoms with Gasteiger partial charge in [0.25, 0.3) is 5.91 Å². The van der Waals surface area contributed by atoms with Crippen molar-refractivity contribution >= 4 is 46.5 Å². The number of fused-ring (bicyclic) bond motifs is 2. The molecule has 3 amide bonds. The van der Waals surface area contributed by atoms with E-state index < -0.39 is 41.3 Å². The highest BCUT2D eigenvalue weighted by Crippen LogP contribution is 2.37. The van der Waals surface area contributed by atoms with E-state index in [-0.39, 0.29) is 24.1 Å². The van der Waals surface area contributed by atoms with Gasteiger partial charge in [-0.2, -0.15) is 0 Å². The van der Waals surface area contributed by atoms with Gasteiger partial charge in [0.1, 0.15) is 17.8 Å². The molecule has 2 saturated heterocycles. The largest absolute Gasteiger partial charge is 0.481 e. The summed E-state index contributed by atoms with van der Waals surface area (Å²) in [7, 11) is 0. The number of hydrogen-bond acceptors (Lipinski definition) is 7. The summed E-state index contributed by atoms with van der Waals surface area (Å²) in [6, 6.07) is 6.68.